The van der Waals surface area contributed by atoms with Crippen molar-refractivity contribution in [3.05, 3.63) is 141 Å². The summed E-state index contributed by atoms with van der Waals surface area (Å²) < 4.78 is 0. The smallest absolute Gasteiger partial charge is 0.753 e. The van der Waals surface area contributed by atoms with Crippen LogP contribution in [0.25, 0.3) is 10.8 Å². The monoisotopic (exact) mass is 586 g/mol. The van der Waals surface area contributed by atoms with Crippen molar-refractivity contribution >= 4 is 58.0 Å². The molecule has 2 aromatic carbocycles. The van der Waals surface area contributed by atoms with Gasteiger partial charge in [-0.1, -0.05) is 71.9 Å². The van der Waals surface area contributed by atoms with Gasteiger partial charge in [0, 0.05) is 34.8 Å². The minimum absolute atomic E-state index is 0. The van der Waals surface area contributed by atoms with Gasteiger partial charge in [-0.3, -0.25) is 9.97 Å². The minimum atomic E-state index is 0. The summed E-state index contributed by atoms with van der Waals surface area (Å²) in [5.41, 5.74) is 5.06. The molecule has 0 radical (unpaired) electrons. The van der Waals surface area contributed by atoms with Crippen LogP contribution in [-0.4, -0.2) is 20.3 Å². The molecule has 2 heterocycles. The summed E-state index contributed by atoms with van der Waals surface area (Å²) in [6.45, 7) is 0. The molecule has 0 N–H and O–H groups in total. The molecule has 35 heavy (non-hydrogen) atoms. The average molecular weight is 589 g/mol. The Morgan fingerprint density at radius 2 is 0.771 bits per heavy atom. The van der Waals surface area contributed by atoms with Crippen LogP contribution in [0.5, 0.6) is 0 Å². The van der Waals surface area contributed by atoms with Crippen LogP contribution < -0.4 is 0 Å². The number of halogens is 2. The van der Waals surface area contributed by atoms with Gasteiger partial charge >= 0.3 is 19.5 Å². The SMILES string of the molecule is Clc1ccc(Cc2ccncc2)cc1.Clc1ccc(Cc2ccncc2)cc1.[N-]=C=S.[N-]=C=S.[Zn+2]. The average Bonchev–Trinajstić information content (AvgIpc) is 2.85. The molecule has 0 aliphatic rings. The van der Waals surface area contributed by atoms with Crippen molar-refractivity contribution in [3.8, 4) is 0 Å². The van der Waals surface area contributed by atoms with E-state index in [-0.39, 0.29) is 19.5 Å². The number of isothiocyanates is 2. The number of pyridine rings is 2. The Hall–Kier alpha value is -2.46. The van der Waals surface area contributed by atoms with Crippen molar-refractivity contribution in [1.29, 1.82) is 0 Å². The second-order valence-electron chi connectivity index (χ2n) is 6.50. The standard InChI is InChI=1S/2C12H10ClN.2CNS.Zn/c2*13-12-3-1-10(2-4-12)9-11-5-7-14-8-6-11;2*2-1-3;/h2*1-8H,9H2;;;/q;;2*-1;+2. The largest absolute Gasteiger partial charge is 2.00 e. The fraction of sp³-hybridized carbons (Fsp3) is 0.0769. The van der Waals surface area contributed by atoms with Gasteiger partial charge in [0.25, 0.3) is 0 Å². The van der Waals surface area contributed by atoms with E-state index >= 15 is 0 Å². The number of thiocarbonyl (C=S) groups is 2. The second kappa shape index (κ2) is 20.9. The Morgan fingerprint density at radius 1 is 0.543 bits per heavy atom. The van der Waals surface area contributed by atoms with Gasteiger partial charge in [-0.05, 0) is 83.6 Å². The van der Waals surface area contributed by atoms with Crippen molar-refractivity contribution in [2.45, 2.75) is 12.8 Å². The van der Waals surface area contributed by atoms with Gasteiger partial charge in [-0.25, -0.2) is 0 Å². The zero-order chi connectivity index (χ0) is 25.0. The van der Waals surface area contributed by atoms with Crippen LogP contribution in [-0.2, 0) is 32.3 Å². The molecule has 4 aromatic rings. The molecule has 2 aromatic heterocycles. The van der Waals surface area contributed by atoms with Crippen LogP contribution in [0.15, 0.2) is 97.6 Å². The summed E-state index contributed by atoms with van der Waals surface area (Å²) in [5.74, 6) is 0. The summed E-state index contributed by atoms with van der Waals surface area (Å²) in [5, 5.41) is 18.5. The quantitative estimate of drug-likeness (QED) is 0.138. The first-order valence-electron chi connectivity index (χ1n) is 9.81. The molecule has 0 fully saturated rings. The molecule has 0 atom stereocenters. The molecule has 0 amide bonds. The maximum Gasteiger partial charge on any atom is 2.00 e. The Morgan fingerprint density at radius 3 is 1.03 bits per heavy atom. The molecule has 0 aliphatic carbocycles. The van der Waals surface area contributed by atoms with Gasteiger partial charge in [0.1, 0.15) is 0 Å². The second-order valence-corrected chi connectivity index (χ2v) is 7.74. The van der Waals surface area contributed by atoms with Gasteiger partial charge in [-0.15, -0.1) is 0 Å². The summed E-state index contributed by atoms with van der Waals surface area (Å²) in [6, 6.07) is 23.9. The van der Waals surface area contributed by atoms with Crippen LogP contribution >= 0.6 is 47.6 Å². The summed E-state index contributed by atoms with van der Waals surface area (Å²) in [6.07, 6.45) is 9.10. The number of hydrogen-bond donors (Lipinski definition) is 0. The topological polar surface area (TPSA) is 70.4 Å². The van der Waals surface area contributed by atoms with Gasteiger partial charge in [0.05, 0.1) is 0 Å². The van der Waals surface area contributed by atoms with E-state index in [1.807, 2.05) is 97.6 Å². The zero-order valence-electron chi connectivity index (χ0n) is 18.7. The molecule has 0 unspecified atom stereocenters. The van der Waals surface area contributed by atoms with E-state index in [2.05, 4.69) is 34.4 Å². The predicted octanol–water partition coefficient (Wildman–Crippen LogP) is 7.97. The molecule has 0 saturated carbocycles. The van der Waals surface area contributed by atoms with Gasteiger partial charge in [0.2, 0.25) is 0 Å². The van der Waals surface area contributed by atoms with Crippen molar-refractivity contribution in [2.75, 3.05) is 0 Å². The van der Waals surface area contributed by atoms with E-state index in [0.29, 0.717) is 0 Å². The molecule has 4 rings (SSSR count). The van der Waals surface area contributed by atoms with E-state index < -0.39 is 0 Å². The minimum Gasteiger partial charge on any atom is -0.753 e. The third kappa shape index (κ3) is 16.0. The van der Waals surface area contributed by atoms with Gasteiger partial charge in [0.15, 0.2) is 0 Å². The maximum atomic E-state index is 7.13. The summed E-state index contributed by atoms with van der Waals surface area (Å²) in [7, 11) is 0. The van der Waals surface area contributed by atoms with Crippen LogP contribution in [0.1, 0.15) is 22.3 Å². The molecule has 0 bridgehead atoms. The summed E-state index contributed by atoms with van der Waals surface area (Å²) in [4.78, 5) is 7.96. The normalized spacial score (nSPS) is 8.51. The molecule has 0 spiro atoms. The number of nitrogens with zero attached hydrogens (tertiary/aromatic N) is 4. The Bertz CT molecular complexity index is 1050. The van der Waals surface area contributed by atoms with Crippen LogP contribution in [0, 0.1) is 0 Å². The molecular weight excluding hydrogens is 569 g/mol. The van der Waals surface area contributed by atoms with Gasteiger partial charge in [-0.2, -0.15) is 10.3 Å². The van der Waals surface area contributed by atoms with E-state index in [9.17, 15) is 0 Å². The van der Waals surface area contributed by atoms with Crippen molar-refractivity contribution in [3.63, 3.8) is 0 Å². The van der Waals surface area contributed by atoms with Gasteiger partial charge < -0.3 is 10.8 Å². The molecule has 0 aliphatic heterocycles. The third-order valence-corrected chi connectivity index (χ3v) is 4.65. The first-order valence-corrected chi connectivity index (χ1v) is 11.4. The predicted molar refractivity (Wildman–Crippen MR) is 149 cm³/mol. The number of benzene rings is 2. The molecule has 172 valence electrons. The Kier molecular flexibility index (Phi) is 19.4. The van der Waals surface area contributed by atoms with E-state index in [1.165, 1.54) is 32.6 Å². The molecule has 0 saturated heterocycles. The first kappa shape index (κ1) is 32.5. The third-order valence-electron chi connectivity index (χ3n) is 4.14. The zero-order valence-corrected chi connectivity index (χ0v) is 24.8. The molecular formula is C26H20Cl2N4S2Zn. The fourth-order valence-corrected chi connectivity index (χ4v) is 2.93. The van der Waals surface area contributed by atoms with Crippen molar-refractivity contribution < 1.29 is 19.5 Å². The van der Waals surface area contributed by atoms with Crippen LogP contribution in [0.4, 0.5) is 0 Å². The number of rotatable bonds is 4. The molecule has 9 heteroatoms. The summed E-state index contributed by atoms with van der Waals surface area (Å²) >= 11 is 19.0. The number of aromatic nitrogens is 2. The van der Waals surface area contributed by atoms with E-state index in [1.54, 1.807) is 0 Å². The number of hydrogen-bond acceptors (Lipinski definition) is 4. The maximum absolute atomic E-state index is 7.13. The van der Waals surface area contributed by atoms with Crippen molar-refractivity contribution in [2.24, 2.45) is 0 Å². The van der Waals surface area contributed by atoms with Crippen LogP contribution in [0.2, 0.25) is 10.0 Å². The van der Waals surface area contributed by atoms with E-state index in [0.717, 1.165) is 22.9 Å². The Labute approximate surface area is 239 Å². The van der Waals surface area contributed by atoms with Crippen molar-refractivity contribution in [1.82, 2.24) is 9.97 Å². The fourth-order valence-electron chi connectivity index (χ4n) is 2.68. The van der Waals surface area contributed by atoms with Crippen LogP contribution in [0.3, 0.4) is 0 Å². The van der Waals surface area contributed by atoms with E-state index in [4.69, 9.17) is 34.0 Å². The molecule has 4 nitrogen and oxygen atoms in total. The first-order chi connectivity index (χ1) is 16.5. The Balaban J connectivity index is 0.000000528.